The maximum Gasteiger partial charge on any atom is 0.322 e. The molecule has 0 amide bonds. The van der Waals surface area contributed by atoms with Gasteiger partial charge in [-0.05, 0) is 23.6 Å². The van der Waals surface area contributed by atoms with E-state index in [0.29, 0.717) is 17.5 Å². The molecule has 0 radical (unpaired) electrons. The fraction of sp³-hybridized carbons (Fsp3) is 0.429. The van der Waals surface area contributed by atoms with Gasteiger partial charge in [-0.25, -0.2) is 13.1 Å². The largest absolute Gasteiger partial charge is 0.480 e. The predicted octanol–water partition coefficient (Wildman–Crippen LogP) is 1.48. The van der Waals surface area contributed by atoms with Gasteiger partial charge in [-0.1, -0.05) is 32.4 Å². The highest BCUT2D eigenvalue weighted by atomic mass is 32.2. The quantitative estimate of drug-likeness (QED) is 0.793. The molecular formula is C14H18N2O4S. The van der Waals surface area contributed by atoms with E-state index in [0.717, 1.165) is 0 Å². The molecule has 0 spiro atoms. The van der Waals surface area contributed by atoms with Crippen LogP contribution in [-0.4, -0.2) is 25.5 Å². The van der Waals surface area contributed by atoms with Crippen LogP contribution >= 0.6 is 0 Å². The van der Waals surface area contributed by atoms with Crippen LogP contribution in [0.1, 0.15) is 31.4 Å². The first kappa shape index (κ1) is 17.1. The first-order valence-electron chi connectivity index (χ1n) is 6.51. The molecular weight excluding hydrogens is 292 g/mol. The topological polar surface area (TPSA) is 107 Å². The molecule has 2 unspecified atom stereocenters. The summed E-state index contributed by atoms with van der Waals surface area (Å²) in [5.74, 6) is -1.81. The maximum absolute atomic E-state index is 12.1. The van der Waals surface area contributed by atoms with Crippen LogP contribution in [0.15, 0.2) is 24.3 Å². The van der Waals surface area contributed by atoms with Crippen LogP contribution in [0.4, 0.5) is 0 Å². The third kappa shape index (κ3) is 5.17. The number of carboxylic acid groups (broad SMARTS) is 1. The number of carbonyl (C=O) groups is 1. The highest BCUT2D eigenvalue weighted by Crippen LogP contribution is 2.12. The lowest BCUT2D eigenvalue weighted by molar-refractivity contribution is -0.140. The normalized spacial score (nSPS) is 14.1. The summed E-state index contributed by atoms with van der Waals surface area (Å²) in [5, 5.41) is 17.8. The number of benzene rings is 1. The molecule has 1 aromatic rings. The Labute approximate surface area is 124 Å². The SMILES string of the molecule is CCC(C)C(NS(=O)(=O)Cc1ccc(C#N)cc1)C(=O)O. The van der Waals surface area contributed by atoms with Gasteiger partial charge in [0, 0.05) is 0 Å². The maximum atomic E-state index is 12.1. The molecule has 114 valence electrons. The number of nitrogens with one attached hydrogen (secondary N) is 1. The van der Waals surface area contributed by atoms with E-state index in [9.17, 15) is 13.2 Å². The van der Waals surface area contributed by atoms with E-state index in [2.05, 4.69) is 4.72 Å². The van der Waals surface area contributed by atoms with Gasteiger partial charge in [-0.15, -0.1) is 0 Å². The minimum absolute atomic E-state index is 0.307. The van der Waals surface area contributed by atoms with Crippen LogP contribution in [0.2, 0.25) is 0 Å². The van der Waals surface area contributed by atoms with Gasteiger partial charge >= 0.3 is 5.97 Å². The summed E-state index contributed by atoms with van der Waals surface area (Å²) in [5.41, 5.74) is 0.932. The van der Waals surface area contributed by atoms with Gasteiger partial charge in [0.1, 0.15) is 6.04 Å². The molecule has 2 atom stereocenters. The first-order chi connectivity index (χ1) is 9.79. The molecule has 0 heterocycles. The number of rotatable bonds is 7. The van der Waals surface area contributed by atoms with Crippen LogP contribution in [0.3, 0.4) is 0 Å². The Morgan fingerprint density at radius 2 is 1.95 bits per heavy atom. The second-order valence-electron chi connectivity index (χ2n) is 4.89. The zero-order valence-electron chi connectivity index (χ0n) is 11.9. The highest BCUT2D eigenvalue weighted by Gasteiger charge is 2.28. The van der Waals surface area contributed by atoms with Crippen molar-refractivity contribution in [3.63, 3.8) is 0 Å². The van der Waals surface area contributed by atoms with Gasteiger partial charge in [0.15, 0.2) is 0 Å². The summed E-state index contributed by atoms with van der Waals surface area (Å²) in [6.07, 6.45) is 0.552. The summed E-state index contributed by atoms with van der Waals surface area (Å²) in [6, 6.07) is 6.92. The van der Waals surface area contributed by atoms with Crippen molar-refractivity contribution in [2.45, 2.75) is 32.1 Å². The lowest BCUT2D eigenvalue weighted by Crippen LogP contribution is -2.45. The van der Waals surface area contributed by atoms with E-state index >= 15 is 0 Å². The lowest BCUT2D eigenvalue weighted by Gasteiger charge is -2.20. The van der Waals surface area contributed by atoms with Crippen molar-refractivity contribution in [3.8, 4) is 6.07 Å². The standard InChI is InChI=1S/C14H18N2O4S/c1-3-10(2)13(14(17)18)16-21(19,20)9-12-6-4-11(8-15)5-7-12/h4-7,10,13,16H,3,9H2,1-2H3,(H,17,18). The van der Waals surface area contributed by atoms with Crippen LogP contribution in [0.5, 0.6) is 0 Å². The zero-order chi connectivity index (χ0) is 16.0. The van der Waals surface area contributed by atoms with Gasteiger partial charge in [0.05, 0.1) is 17.4 Å². The van der Waals surface area contributed by atoms with Crippen molar-refractivity contribution >= 4 is 16.0 Å². The molecule has 0 aliphatic carbocycles. The summed E-state index contributed by atoms with van der Waals surface area (Å²) >= 11 is 0. The molecule has 0 saturated carbocycles. The third-order valence-electron chi connectivity index (χ3n) is 3.23. The Bertz CT molecular complexity index is 632. The van der Waals surface area contributed by atoms with Crippen LogP contribution < -0.4 is 4.72 Å². The van der Waals surface area contributed by atoms with E-state index in [4.69, 9.17) is 10.4 Å². The number of hydrogen-bond donors (Lipinski definition) is 2. The van der Waals surface area contributed by atoms with Gasteiger partial charge in [0.2, 0.25) is 10.0 Å². The van der Waals surface area contributed by atoms with E-state index in [-0.39, 0.29) is 11.7 Å². The molecule has 7 heteroatoms. The van der Waals surface area contributed by atoms with E-state index in [1.165, 1.54) is 24.3 Å². The smallest absolute Gasteiger partial charge is 0.322 e. The van der Waals surface area contributed by atoms with Crippen molar-refractivity contribution in [3.05, 3.63) is 35.4 Å². The first-order valence-corrected chi connectivity index (χ1v) is 8.16. The number of nitriles is 1. The van der Waals surface area contributed by atoms with Gasteiger partial charge in [0.25, 0.3) is 0 Å². The molecule has 1 aromatic carbocycles. The molecule has 0 saturated heterocycles. The Morgan fingerprint density at radius 3 is 2.38 bits per heavy atom. The van der Waals surface area contributed by atoms with Crippen molar-refractivity contribution in [2.75, 3.05) is 0 Å². The molecule has 0 fully saturated rings. The predicted molar refractivity (Wildman–Crippen MR) is 77.8 cm³/mol. The van der Waals surface area contributed by atoms with E-state index in [1.54, 1.807) is 13.8 Å². The van der Waals surface area contributed by atoms with E-state index in [1.807, 2.05) is 6.07 Å². The number of hydrogen-bond acceptors (Lipinski definition) is 4. The number of carboxylic acids is 1. The molecule has 1 rings (SSSR count). The fourth-order valence-corrected chi connectivity index (χ4v) is 3.21. The van der Waals surface area contributed by atoms with Crippen LogP contribution in [-0.2, 0) is 20.6 Å². The average molecular weight is 310 g/mol. The number of aliphatic carboxylic acids is 1. The van der Waals surface area contributed by atoms with Gasteiger partial charge < -0.3 is 5.11 Å². The third-order valence-corrected chi connectivity index (χ3v) is 4.55. The highest BCUT2D eigenvalue weighted by molar-refractivity contribution is 7.88. The summed E-state index contributed by atoms with van der Waals surface area (Å²) in [7, 11) is -3.77. The van der Waals surface area contributed by atoms with Gasteiger partial charge in [-0.2, -0.15) is 5.26 Å². The van der Waals surface area contributed by atoms with Crippen LogP contribution in [0, 0.1) is 17.2 Å². The summed E-state index contributed by atoms with van der Waals surface area (Å²) in [6.45, 7) is 3.48. The summed E-state index contributed by atoms with van der Waals surface area (Å²) < 4.78 is 26.3. The Balaban J connectivity index is 2.85. The Hall–Kier alpha value is -1.91. The molecule has 0 aliphatic heterocycles. The fourth-order valence-electron chi connectivity index (χ4n) is 1.78. The average Bonchev–Trinajstić information content (AvgIpc) is 2.44. The Morgan fingerprint density at radius 1 is 1.38 bits per heavy atom. The molecule has 21 heavy (non-hydrogen) atoms. The lowest BCUT2D eigenvalue weighted by atomic mass is 10.0. The molecule has 0 aromatic heterocycles. The number of sulfonamides is 1. The second-order valence-corrected chi connectivity index (χ2v) is 6.64. The minimum atomic E-state index is -3.77. The van der Waals surface area contributed by atoms with Crippen LogP contribution in [0.25, 0.3) is 0 Å². The zero-order valence-corrected chi connectivity index (χ0v) is 12.7. The van der Waals surface area contributed by atoms with Crippen molar-refractivity contribution in [2.24, 2.45) is 5.92 Å². The molecule has 2 N–H and O–H groups in total. The Kier molecular flexibility index (Phi) is 5.88. The van der Waals surface area contributed by atoms with Crippen molar-refractivity contribution < 1.29 is 18.3 Å². The second kappa shape index (κ2) is 7.20. The minimum Gasteiger partial charge on any atom is -0.480 e. The van der Waals surface area contributed by atoms with Crippen molar-refractivity contribution in [1.82, 2.24) is 4.72 Å². The molecule has 6 nitrogen and oxygen atoms in total. The molecule has 0 aliphatic rings. The number of nitrogens with zero attached hydrogens (tertiary/aromatic N) is 1. The monoisotopic (exact) mass is 310 g/mol. The van der Waals surface area contributed by atoms with E-state index < -0.39 is 22.0 Å². The van der Waals surface area contributed by atoms with Gasteiger partial charge in [-0.3, -0.25) is 4.79 Å². The molecule has 0 bridgehead atoms. The van der Waals surface area contributed by atoms with Crippen molar-refractivity contribution in [1.29, 1.82) is 5.26 Å². The summed E-state index contributed by atoms with van der Waals surface area (Å²) in [4.78, 5) is 11.2.